The van der Waals surface area contributed by atoms with Crippen molar-refractivity contribution in [2.24, 2.45) is 0 Å². The summed E-state index contributed by atoms with van der Waals surface area (Å²) in [5.74, 6) is -0.134. The van der Waals surface area contributed by atoms with Crippen molar-refractivity contribution in [2.75, 3.05) is 10.6 Å². The summed E-state index contributed by atoms with van der Waals surface area (Å²) in [6.07, 6.45) is 5.73. The van der Waals surface area contributed by atoms with E-state index < -0.39 is 0 Å². The van der Waals surface area contributed by atoms with Crippen LogP contribution in [0.5, 0.6) is 0 Å². The third kappa shape index (κ3) is 3.40. The van der Waals surface area contributed by atoms with Crippen molar-refractivity contribution in [2.45, 2.75) is 32.7 Å². The largest absolute Gasteiger partial charge is 0.381 e. The Bertz CT molecular complexity index is 677. The summed E-state index contributed by atoms with van der Waals surface area (Å²) in [6.45, 7) is 4.09. The van der Waals surface area contributed by atoms with Crippen LogP contribution in [0.2, 0.25) is 0 Å². The minimum absolute atomic E-state index is 0.134. The van der Waals surface area contributed by atoms with Gasteiger partial charge in [-0.15, -0.1) is 0 Å². The minimum atomic E-state index is -0.134. The molecule has 0 bridgehead atoms. The maximum absolute atomic E-state index is 12.3. The smallest absolute Gasteiger partial charge is 0.257 e. The number of hydrogen-bond acceptors (Lipinski definition) is 3. The van der Waals surface area contributed by atoms with Crippen molar-refractivity contribution in [3.63, 3.8) is 0 Å². The second-order valence-electron chi connectivity index (χ2n) is 5.63. The fourth-order valence-electron chi connectivity index (χ4n) is 2.13. The van der Waals surface area contributed by atoms with Crippen LogP contribution >= 0.6 is 0 Å². The van der Waals surface area contributed by atoms with Crippen molar-refractivity contribution in [3.8, 4) is 0 Å². The van der Waals surface area contributed by atoms with E-state index in [-0.39, 0.29) is 5.91 Å². The predicted octanol–water partition coefficient (Wildman–Crippen LogP) is 3.53. The molecule has 1 aliphatic carbocycles. The molecule has 3 rings (SSSR count). The Kier molecular flexibility index (Phi) is 3.60. The Labute approximate surface area is 124 Å². The van der Waals surface area contributed by atoms with Crippen molar-refractivity contribution in [1.29, 1.82) is 0 Å². The molecule has 0 spiro atoms. The van der Waals surface area contributed by atoms with Gasteiger partial charge in [0.05, 0.1) is 11.3 Å². The number of aryl methyl sites for hydroxylation is 2. The van der Waals surface area contributed by atoms with Gasteiger partial charge in [-0.3, -0.25) is 9.78 Å². The average Bonchev–Trinajstić information content (AvgIpc) is 3.27. The molecule has 4 nitrogen and oxygen atoms in total. The Morgan fingerprint density at radius 3 is 2.62 bits per heavy atom. The Balaban J connectivity index is 1.73. The maximum Gasteiger partial charge on any atom is 0.257 e. The second kappa shape index (κ2) is 5.56. The molecule has 0 unspecified atom stereocenters. The fourth-order valence-corrected chi connectivity index (χ4v) is 2.13. The van der Waals surface area contributed by atoms with E-state index in [1.165, 1.54) is 18.4 Å². The van der Waals surface area contributed by atoms with E-state index in [0.29, 0.717) is 11.6 Å². The summed E-state index contributed by atoms with van der Waals surface area (Å²) >= 11 is 0. The van der Waals surface area contributed by atoms with E-state index in [1.54, 1.807) is 12.4 Å². The SMILES string of the molecule is Cc1ccc(NC(=O)c2cncc(NC3CC3)c2)cc1C. The fraction of sp³-hybridized carbons (Fsp3) is 0.294. The van der Waals surface area contributed by atoms with Gasteiger partial charge in [-0.2, -0.15) is 0 Å². The molecule has 0 radical (unpaired) electrons. The Hall–Kier alpha value is -2.36. The molecule has 1 heterocycles. The normalized spacial score (nSPS) is 13.8. The van der Waals surface area contributed by atoms with Gasteiger partial charge in [0, 0.05) is 24.1 Å². The van der Waals surface area contributed by atoms with Gasteiger partial charge in [-0.25, -0.2) is 0 Å². The monoisotopic (exact) mass is 281 g/mol. The summed E-state index contributed by atoms with van der Waals surface area (Å²) in [6, 6.07) is 8.30. The highest BCUT2D eigenvalue weighted by molar-refractivity contribution is 6.04. The molecular weight excluding hydrogens is 262 g/mol. The standard InChI is InChI=1S/C17H19N3O/c1-11-3-4-15(7-12(11)2)20-17(21)13-8-16(10-18-9-13)19-14-5-6-14/h3-4,7-10,14,19H,5-6H2,1-2H3,(H,20,21). The van der Waals surface area contributed by atoms with Crippen LogP contribution in [-0.2, 0) is 0 Å². The van der Waals surface area contributed by atoms with Crippen molar-refractivity contribution < 1.29 is 4.79 Å². The summed E-state index contributed by atoms with van der Waals surface area (Å²) in [5, 5.41) is 6.26. The maximum atomic E-state index is 12.3. The highest BCUT2D eigenvalue weighted by Crippen LogP contribution is 2.24. The van der Waals surface area contributed by atoms with Crippen LogP contribution < -0.4 is 10.6 Å². The third-order valence-electron chi connectivity index (χ3n) is 3.71. The average molecular weight is 281 g/mol. The molecule has 1 aliphatic rings. The molecule has 0 aliphatic heterocycles. The predicted molar refractivity (Wildman–Crippen MR) is 84.8 cm³/mol. The van der Waals surface area contributed by atoms with Crippen LogP contribution in [0, 0.1) is 13.8 Å². The van der Waals surface area contributed by atoms with E-state index in [2.05, 4.69) is 22.5 Å². The summed E-state index contributed by atoms with van der Waals surface area (Å²) in [5.41, 5.74) is 4.66. The number of carbonyl (C=O) groups is 1. The van der Waals surface area contributed by atoms with Crippen molar-refractivity contribution >= 4 is 17.3 Å². The number of aromatic nitrogens is 1. The molecule has 4 heteroatoms. The first-order chi connectivity index (χ1) is 10.1. The van der Waals surface area contributed by atoms with Gasteiger partial charge >= 0.3 is 0 Å². The molecule has 1 aromatic heterocycles. The lowest BCUT2D eigenvalue weighted by molar-refractivity contribution is 0.102. The van der Waals surface area contributed by atoms with Gasteiger partial charge in [0.15, 0.2) is 0 Å². The number of hydrogen-bond donors (Lipinski definition) is 2. The second-order valence-corrected chi connectivity index (χ2v) is 5.63. The molecule has 1 amide bonds. The highest BCUT2D eigenvalue weighted by Gasteiger charge is 2.21. The molecule has 1 fully saturated rings. The van der Waals surface area contributed by atoms with E-state index in [4.69, 9.17) is 0 Å². The molecule has 0 saturated heterocycles. The lowest BCUT2D eigenvalue weighted by Crippen LogP contribution is -2.13. The lowest BCUT2D eigenvalue weighted by atomic mass is 10.1. The van der Waals surface area contributed by atoms with Crippen molar-refractivity contribution in [3.05, 3.63) is 53.3 Å². The number of amides is 1. The molecular formula is C17H19N3O. The summed E-state index contributed by atoms with van der Waals surface area (Å²) in [7, 11) is 0. The number of carbonyl (C=O) groups excluding carboxylic acids is 1. The van der Waals surface area contributed by atoms with Crippen molar-refractivity contribution in [1.82, 2.24) is 4.98 Å². The number of anilines is 2. The van der Waals surface area contributed by atoms with Gasteiger partial charge in [0.1, 0.15) is 0 Å². The van der Waals surface area contributed by atoms with E-state index in [0.717, 1.165) is 16.9 Å². The van der Waals surface area contributed by atoms with Crippen LogP contribution in [0.3, 0.4) is 0 Å². The first kappa shape index (κ1) is 13.6. The zero-order valence-corrected chi connectivity index (χ0v) is 12.3. The molecule has 108 valence electrons. The topological polar surface area (TPSA) is 54.0 Å². The number of nitrogens with zero attached hydrogens (tertiary/aromatic N) is 1. The third-order valence-corrected chi connectivity index (χ3v) is 3.71. The minimum Gasteiger partial charge on any atom is -0.381 e. The summed E-state index contributed by atoms with van der Waals surface area (Å²) < 4.78 is 0. The van der Waals surface area contributed by atoms with Crippen LogP contribution in [0.15, 0.2) is 36.7 Å². The van der Waals surface area contributed by atoms with E-state index in [1.807, 2.05) is 31.2 Å². The quantitative estimate of drug-likeness (QED) is 0.901. The highest BCUT2D eigenvalue weighted by atomic mass is 16.1. The lowest BCUT2D eigenvalue weighted by Gasteiger charge is -2.09. The van der Waals surface area contributed by atoms with Gasteiger partial charge in [0.25, 0.3) is 5.91 Å². The first-order valence-electron chi connectivity index (χ1n) is 7.22. The number of nitrogens with one attached hydrogen (secondary N) is 2. The van der Waals surface area contributed by atoms with E-state index >= 15 is 0 Å². The molecule has 2 N–H and O–H groups in total. The van der Waals surface area contributed by atoms with Crippen LogP contribution in [0.25, 0.3) is 0 Å². The molecule has 21 heavy (non-hydrogen) atoms. The number of pyridine rings is 1. The number of rotatable bonds is 4. The Morgan fingerprint density at radius 2 is 1.90 bits per heavy atom. The number of benzene rings is 1. The van der Waals surface area contributed by atoms with Gasteiger partial charge < -0.3 is 10.6 Å². The van der Waals surface area contributed by atoms with Gasteiger partial charge in [0.2, 0.25) is 0 Å². The summed E-state index contributed by atoms with van der Waals surface area (Å²) in [4.78, 5) is 16.4. The molecule has 1 aromatic carbocycles. The van der Waals surface area contributed by atoms with Gasteiger partial charge in [-0.1, -0.05) is 6.07 Å². The molecule has 1 saturated carbocycles. The van der Waals surface area contributed by atoms with Gasteiger partial charge in [-0.05, 0) is 56.0 Å². The molecule has 0 atom stereocenters. The first-order valence-corrected chi connectivity index (χ1v) is 7.22. The van der Waals surface area contributed by atoms with Crippen LogP contribution in [0.1, 0.15) is 34.3 Å². The zero-order valence-electron chi connectivity index (χ0n) is 12.3. The zero-order chi connectivity index (χ0) is 14.8. The van der Waals surface area contributed by atoms with Crippen LogP contribution in [-0.4, -0.2) is 16.9 Å². The van der Waals surface area contributed by atoms with Crippen LogP contribution in [0.4, 0.5) is 11.4 Å². The van der Waals surface area contributed by atoms with E-state index in [9.17, 15) is 4.79 Å². The molecule has 2 aromatic rings. The Morgan fingerprint density at radius 1 is 1.10 bits per heavy atom.